The van der Waals surface area contributed by atoms with E-state index in [-0.39, 0.29) is 24.6 Å². The number of aliphatic hydroxyl groups is 3. The third-order valence-electron chi connectivity index (χ3n) is 8.14. The number of nitrogens with one attached hydrogen (secondary N) is 1. The van der Waals surface area contributed by atoms with Crippen molar-refractivity contribution in [2.75, 3.05) is 18.5 Å². The molecule has 5 rings (SSSR count). The molecule has 0 radical (unpaired) electrons. The molecule has 1 atom stereocenters. The first kappa shape index (κ1) is 28.4. The lowest BCUT2D eigenvalue weighted by Gasteiger charge is -2.25. The van der Waals surface area contributed by atoms with Crippen molar-refractivity contribution in [3.63, 3.8) is 0 Å². The number of amides is 1. The van der Waals surface area contributed by atoms with Crippen LogP contribution in [0.3, 0.4) is 0 Å². The fourth-order valence-electron chi connectivity index (χ4n) is 5.21. The molecule has 3 aromatic rings. The first-order chi connectivity index (χ1) is 18.8. The molecule has 1 unspecified atom stereocenters. The van der Waals surface area contributed by atoms with Crippen molar-refractivity contribution in [2.45, 2.75) is 76.0 Å². The number of fused-ring (bicyclic) bond motifs is 1. The molecular weight excluding hydrogens is 525 g/mol. The van der Waals surface area contributed by atoms with Gasteiger partial charge in [0.2, 0.25) is 5.91 Å². The number of aliphatic hydroxyl groups excluding tert-OH is 3. The van der Waals surface area contributed by atoms with Crippen LogP contribution in [-0.2, 0) is 22.2 Å². The van der Waals surface area contributed by atoms with Gasteiger partial charge >= 0.3 is 6.11 Å². The Morgan fingerprint density at radius 1 is 1.18 bits per heavy atom. The van der Waals surface area contributed by atoms with Gasteiger partial charge in [-0.2, -0.15) is 8.78 Å². The molecule has 2 aliphatic rings. The number of hydrogen-bond acceptors (Lipinski definition) is 5. The SMILES string of the molecule is Cc1cc(C2(C(=O)Nc3cc4cc(C(C)(C)CO)n(CC(O)CO)c4cc3F)CC2)ccc1OC(F)(F)C1CC1. The second kappa shape index (κ2) is 10.1. The lowest BCUT2D eigenvalue weighted by Crippen LogP contribution is -2.29. The molecule has 0 spiro atoms. The van der Waals surface area contributed by atoms with E-state index >= 15 is 4.39 Å². The van der Waals surface area contributed by atoms with Gasteiger partial charge in [0, 0.05) is 22.6 Å². The van der Waals surface area contributed by atoms with Crippen LogP contribution in [0.1, 0.15) is 56.4 Å². The highest BCUT2D eigenvalue weighted by atomic mass is 19.3. The van der Waals surface area contributed by atoms with Crippen molar-refractivity contribution >= 4 is 22.5 Å². The summed E-state index contributed by atoms with van der Waals surface area (Å²) in [5.41, 5.74) is 0.613. The Labute approximate surface area is 230 Å². The number of aromatic nitrogens is 1. The molecule has 0 bridgehead atoms. The summed E-state index contributed by atoms with van der Waals surface area (Å²) in [4.78, 5) is 13.4. The maximum atomic E-state index is 15.3. The molecule has 0 saturated heterocycles. The normalized spacial score (nSPS) is 17.6. The number of anilines is 1. The van der Waals surface area contributed by atoms with Crippen LogP contribution < -0.4 is 10.1 Å². The Bertz CT molecular complexity index is 1440. The van der Waals surface area contributed by atoms with E-state index in [1.54, 1.807) is 29.7 Å². The van der Waals surface area contributed by atoms with Crippen LogP contribution in [0.2, 0.25) is 0 Å². The molecule has 7 nitrogen and oxygen atoms in total. The summed E-state index contributed by atoms with van der Waals surface area (Å²) in [6.07, 6.45) is -2.37. The first-order valence-electron chi connectivity index (χ1n) is 13.5. The van der Waals surface area contributed by atoms with Crippen LogP contribution in [0.25, 0.3) is 10.9 Å². The van der Waals surface area contributed by atoms with Crippen molar-refractivity contribution in [3.05, 3.63) is 59.0 Å². The maximum Gasteiger partial charge on any atom is 0.400 e. The largest absolute Gasteiger partial charge is 0.432 e. The van der Waals surface area contributed by atoms with Crippen LogP contribution in [0.5, 0.6) is 5.75 Å². The fourth-order valence-corrected chi connectivity index (χ4v) is 5.21. The number of benzene rings is 2. The van der Waals surface area contributed by atoms with Crippen LogP contribution in [0, 0.1) is 18.7 Å². The molecule has 1 heterocycles. The Hall–Kier alpha value is -3.08. The molecular formula is C30H35F3N2O5. The molecule has 0 aliphatic heterocycles. The number of carbonyl (C=O) groups excluding carboxylic acids is 1. The zero-order chi connectivity index (χ0) is 29.0. The second-order valence-electron chi connectivity index (χ2n) is 11.9. The molecule has 10 heteroatoms. The van der Waals surface area contributed by atoms with Crippen molar-refractivity contribution in [3.8, 4) is 5.75 Å². The number of carbonyl (C=O) groups is 1. The Balaban J connectivity index is 1.41. The van der Waals surface area contributed by atoms with Gasteiger partial charge in [0.1, 0.15) is 11.6 Å². The highest BCUT2D eigenvalue weighted by molar-refractivity contribution is 6.02. The third-order valence-corrected chi connectivity index (χ3v) is 8.14. The van der Waals surface area contributed by atoms with Gasteiger partial charge in [0.25, 0.3) is 0 Å². The topological polar surface area (TPSA) is 104 Å². The van der Waals surface area contributed by atoms with E-state index in [1.807, 2.05) is 13.8 Å². The van der Waals surface area contributed by atoms with Gasteiger partial charge in [-0.3, -0.25) is 4.79 Å². The number of nitrogens with zero attached hydrogens (tertiary/aromatic N) is 1. The van der Waals surface area contributed by atoms with E-state index in [2.05, 4.69) is 5.32 Å². The zero-order valence-electron chi connectivity index (χ0n) is 22.8. The van der Waals surface area contributed by atoms with Crippen LogP contribution in [0.15, 0.2) is 36.4 Å². The van der Waals surface area contributed by atoms with Gasteiger partial charge in [0.15, 0.2) is 0 Å². The van der Waals surface area contributed by atoms with Crippen molar-refractivity contribution < 1.29 is 38.0 Å². The molecule has 1 amide bonds. The van der Waals surface area contributed by atoms with Crippen molar-refractivity contribution in [2.24, 2.45) is 5.92 Å². The summed E-state index contributed by atoms with van der Waals surface area (Å²) < 4.78 is 50.4. The molecule has 2 saturated carbocycles. The minimum absolute atomic E-state index is 0.00132. The highest BCUT2D eigenvalue weighted by Crippen LogP contribution is 2.51. The van der Waals surface area contributed by atoms with E-state index in [9.17, 15) is 28.9 Å². The summed E-state index contributed by atoms with van der Waals surface area (Å²) >= 11 is 0. The Morgan fingerprint density at radius 2 is 1.88 bits per heavy atom. The predicted molar refractivity (Wildman–Crippen MR) is 144 cm³/mol. The van der Waals surface area contributed by atoms with Crippen molar-refractivity contribution in [1.82, 2.24) is 4.57 Å². The summed E-state index contributed by atoms with van der Waals surface area (Å²) in [6.45, 7) is 4.60. The van der Waals surface area contributed by atoms with E-state index in [4.69, 9.17) is 4.74 Å². The van der Waals surface area contributed by atoms with E-state index < -0.39 is 47.3 Å². The molecule has 40 heavy (non-hydrogen) atoms. The first-order valence-corrected chi connectivity index (χ1v) is 13.5. The van der Waals surface area contributed by atoms with Crippen molar-refractivity contribution in [1.29, 1.82) is 0 Å². The van der Waals surface area contributed by atoms with Gasteiger partial charge in [-0.25, -0.2) is 4.39 Å². The quantitative estimate of drug-likeness (QED) is 0.271. The van der Waals surface area contributed by atoms with Crippen LogP contribution in [-0.4, -0.2) is 51.2 Å². The monoisotopic (exact) mass is 560 g/mol. The highest BCUT2D eigenvalue weighted by Gasteiger charge is 2.52. The van der Waals surface area contributed by atoms with Gasteiger partial charge in [0.05, 0.1) is 48.4 Å². The Kier molecular flexibility index (Phi) is 7.17. The molecule has 2 aliphatic carbocycles. The van der Waals surface area contributed by atoms with Crippen LogP contribution >= 0.6 is 0 Å². The predicted octanol–water partition coefficient (Wildman–Crippen LogP) is 4.76. The number of hydrogen-bond donors (Lipinski definition) is 4. The fraction of sp³-hybridized carbons (Fsp3) is 0.500. The number of ether oxygens (including phenoxy) is 1. The molecule has 1 aromatic heterocycles. The van der Waals surface area contributed by atoms with E-state index in [0.717, 1.165) is 0 Å². The van der Waals surface area contributed by atoms with Gasteiger partial charge in [-0.05, 0) is 61.9 Å². The summed E-state index contributed by atoms with van der Waals surface area (Å²) in [6, 6.07) is 9.32. The van der Waals surface area contributed by atoms with E-state index in [0.29, 0.717) is 53.4 Å². The summed E-state index contributed by atoms with van der Waals surface area (Å²) in [5, 5.41) is 32.7. The van der Waals surface area contributed by atoms with Crippen LogP contribution in [0.4, 0.5) is 18.9 Å². The number of rotatable bonds is 11. The molecule has 216 valence electrons. The minimum Gasteiger partial charge on any atom is -0.432 e. The summed E-state index contributed by atoms with van der Waals surface area (Å²) in [5.74, 6) is -1.76. The molecule has 2 fully saturated rings. The Morgan fingerprint density at radius 3 is 2.45 bits per heavy atom. The zero-order valence-corrected chi connectivity index (χ0v) is 22.8. The van der Waals surface area contributed by atoms with Gasteiger partial charge in [-0.1, -0.05) is 26.0 Å². The summed E-state index contributed by atoms with van der Waals surface area (Å²) in [7, 11) is 0. The second-order valence-corrected chi connectivity index (χ2v) is 11.9. The average molecular weight is 561 g/mol. The number of halogens is 3. The van der Waals surface area contributed by atoms with Gasteiger partial charge in [-0.15, -0.1) is 0 Å². The number of aryl methyl sites for hydroxylation is 1. The standard InChI is InChI=1S/C30H35F3N2O5/c1-17-10-20(6-7-25(17)40-30(32,33)19-4-5-19)29(8-9-29)27(39)34-23-11-18-12-26(28(2,3)16-37)35(14-21(38)15-36)24(18)13-22(23)31/h6-7,10-13,19,21,36-38H,4-5,8-9,14-16H2,1-3H3,(H,34,39). The lowest BCUT2D eigenvalue weighted by atomic mass is 9.90. The van der Waals surface area contributed by atoms with Gasteiger partial charge < -0.3 is 29.9 Å². The minimum atomic E-state index is -3.22. The average Bonchev–Trinajstić information content (AvgIpc) is 3.83. The third kappa shape index (κ3) is 5.20. The molecule has 2 aromatic carbocycles. The van der Waals surface area contributed by atoms with E-state index in [1.165, 1.54) is 18.2 Å². The smallest absolute Gasteiger partial charge is 0.400 e. The molecule has 4 N–H and O–H groups in total. The maximum absolute atomic E-state index is 15.3. The lowest BCUT2D eigenvalue weighted by molar-refractivity contribution is -0.192. The number of alkyl halides is 2.